The molecule has 0 aliphatic carbocycles. The van der Waals surface area contributed by atoms with Crippen LogP contribution >= 0.6 is 0 Å². The first-order chi connectivity index (χ1) is 10.4. The minimum atomic E-state index is -1.41. The van der Waals surface area contributed by atoms with E-state index >= 15 is 0 Å². The fourth-order valence-corrected chi connectivity index (χ4v) is 1.92. The summed E-state index contributed by atoms with van der Waals surface area (Å²) in [5.74, 6) is -0.934. The van der Waals surface area contributed by atoms with Gasteiger partial charge in [0, 0.05) is 5.56 Å². The molecule has 7 nitrogen and oxygen atoms in total. The van der Waals surface area contributed by atoms with Crippen molar-refractivity contribution in [3.63, 3.8) is 0 Å². The van der Waals surface area contributed by atoms with Gasteiger partial charge in [-0.1, -0.05) is 0 Å². The number of aliphatic hydroxyl groups is 2. The van der Waals surface area contributed by atoms with Crippen LogP contribution < -0.4 is 4.74 Å². The van der Waals surface area contributed by atoms with E-state index in [4.69, 9.17) is 9.47 Å². The smallest absolute Gasteiger partial charge is 0.337 e. The van der Waals surface area contributed by atoms with E-state index in [1.165, 1.54) is 32.4 Å². The Balaban J connectivity index is 3.01. The summed E-state index contributed by atoms with van der Waals surface area (Å²) in [6, 6.07) is 4.30. The number of aliphatic hydroxyl groups excluding tert-OH is 2. The quantitative estimate of drug-likeness (QED) is 0.719. The molecule has 2 unspecified atom stereocenters. The van der Waals surface area contributed by atoms with Gasteiger partial charge in [0.2, 0.25) is 0 Å². The summed E-state index contributed by atoms with van der Waals surface area (Å²) in [4.78, 5) is 22.9. The summed E-state index contributed by atoms with van der Waals surface area (Å²) in [5.41, 5.74) is 0.378. The van der Waals surface area contributed by atoms with E-state index in [0.717, 1.165) is 0 Å². The van der Waals surface area contributed by atoms with Gasteiger partial charge >= 0.3 is 11.9 Å². The number of esters is 2. The Morgan fingerprint density at radius 1 is 1.23 bits per heavy atom. The lowest BCUT2D eigenvalue weighted by molar-refractivity contribution is -0.147. The number of carbonyl (C=O) groups excluding carboxylic acids is 2. The molecule has 1 aromatic rings. The molecule has 0 aliphatic rings. The lowest BCUT2D eigenvalue weighted by Crippen LogP contribution is -2.23. The van der Waals surface area contributed by atoms with E-state index < -0.39 is 24.1 Å². The van der Waals surface area contributed by atoms with Crippen molar-refractivity contribution in [3.05, 3.63) is 29.3 Å². The molecule has 0 saturated heterocycles. The molecule has 22 heavy (non-hydrogen) atoms. The van der Waals surface area contributed by atoms with E-state index in [2.05, 4.69) is 4.74 Å². The number of ether oxygens (including phenoxy) is 3. The molecule has 1 aromatic carbocycles. The largest absolute Gasteiger partial charge is 0.496 e. The number of hydrogen-bond acceptors (Lipinski definition) is 7. The molecule has 0 bridgehead atoms. The number of hydrogen-bond donors (Lipinski definition) is 2. The maximum Gasteiger partial charge on any atom is 0.337 e. The molecule has 2 atom stereocenters. The Kier molecular flexibility index (Phi) is 6.81. The first-order valence-electron chi connectivity index (χ1n) is 6.72. The normalized spacial score (nSPS) is 13.1. The van der Waals surface area contributed by atoms with Gasteiger partial charge < -0.3 is 24.4 Å². The SMILES string of the molecule is CCOC(=O)CC(O)C(O)c1cc(C(=O)OC)ccc1OC. The molecule has 122 valence electrons. The van der Waals surface area contributed by atoms with Gasteiger partial charge in [0.15, 0.2) is 0 Å². The number of benzene rings is 1. The predicted octanol–water partition coefficient (Wildman–Crippen LogP) is 0.829. The van der Waals surface area contributed by atoms with Gasteiger partial charge in [-0.05, 0) is 25.1 Å². The maximum absolute atomic E-state index is 11.5. The van der Waals surface area contributed by atoms with Gasteiger partial charge in [-0.15, -0.1) is 0 Å². The van der Waals surface area contributed by atoms with Crippen molar-refractivity contribution in [3.8, 4) is 5.75 Å². The second kappa shape index (κ2) is 8.35. The third kappa shape index (κ3) is 4.44. The van der Waals surface area contributed by atoms with Crippen LogP contribution in [0.25, 0.3) is 0 Å². The van der Waals surface area contributed by atoms with Gasteiger partial charge in [0.05, 0.1) is 38.9 Å². The van der Waals surface area contributed by atoms with Gasteiger partial charge in [-0.2, -0.15) is 0 Å². The van der Waals surface area contributed by atoms with Crippen LogP contribution in [0.3, 0.4) is 0 Å². The lowest BCUT2D eigenvalue weighted by atomic mass is 9.99. The van der Waals surface area contributed by atoms with Gasteiger partial charge in [0.25, 0.3) is 0 Å². The number of rotatable bonds is 7. The molecule has 1 rings (SSSR count). The van der Waals surface area contributed by atoms with Gasteiger partial charge in [-0.3, -0.25) is 4.79 Å². The molecular formula is C15H20O7. The van der Waals surface area contributed by atoms with Crippen LogP contribution in [0.1, 0.15) is 35.4 Å². The molecule has 0 saturated carbocycles. The Morgan fingerprint density at radius 2 is 1.91 bits per heavy atom. The van der Waals surface area contributed by atoms with Crippen molar-refractivity contribution in [2.24, 2.45) is 0 Å². The van der Waals surface area contributed by atoms with Crippen molar-refractivity contribution in [2.45, 2.75) is 25.6 Å². The average molecular weight is 312 g/mol. The van der Waals surface area contributed by atoms with Crippen LogP contribution in [-0.2, 0) is 14.3 Å². The third-order valence-electron chi connectivity index (χ3n) is 3.02. The van der Waals surface area contributed by atoms with Crippen LogP contribution in [0, 0.1) is 0 Å². The summed E-state index contributed by atoms with van der Waals surface area (Å²) in [7, 11) is 2.62. The summed E-state index contributed by atoms with van der Waals surface area (Å²) < 4.78 is 14.4. The van der Waals surface area contributed by atoms with E-state index in [1.807, 2.05) is 0 Å². The summed E-state index contributed by atoms with van der Waals surface area (Å²) >= 11 is 0. The number of carbonyl (C=O) groups is 2. The molecule has 7 heteroatoms. The number of methoxy groups -OCH3 is 2. The monoisotopic (exact) mass is 312 g/mol. The predicted molar refractivity (Wildman–Crippen MR) is 76.6 cm³/mol. The average Bonchev–Trinajstić information content (AvgIpc) is 2.52. The molecule has 0 spiro atoms. The second-order valence-corrected chi connectivity index (χ2v) is 4.47. The maximum atomic E-state index is 11.5. The van der Waals surface area contributed by atoms with Gasteiger partial charge in [0.1, 0.15) is 11.9 Å². The molecule has 0 aromatic heterocycles. The third-order valence-corrected chi connectivity index (χ3v) is 3.02. The van der Waals surface area contributed by atoms with E-state index in [0.29, 0.717) is 0 Å². The molecule has 0 radical (unpaired) electrons. The van der Waals surface area contributed by atoms with Crippen molar-refractivity contribution < 1.29 is 34.0 Å². The summed E-state index contributed by atoms with van der Waals surface area (Å²) in [6.07, 6.45) is -3.18. The van der Waals surface area contributed by atoms with Crippen LogP contribution in [0.4, 0.5) is 0 Å². The summed E-state index contributed by atoms with van der Waals surface area (Å²) in [5, 5.41) is 20.2. The Labute approximate surface area is 128 Å². The highest BCUT2D eigenvalue weighted by Crippen LogP contribution is 2.29. The standard InChI is InChI=1S/C15H20O7/c1-4-22-13(17)8-11(16)14(18)10-7-9(15(19)21-3)5-6-12(10)20-2/h5-7,11,14,16,18H,4,8H2,1-3H3. The van der Waals surface area contributed by atoms with Crippen LogP contribution in [0.5, 0.6) is 5.75 Å². The highest BCUT2D eigenvalue weighted by molar-refractivity contribution is 5.89. The van der Waals surface area contributed by atoms with Crippen LogP contribution in [-0.4, -0.2) is 49.1 Å². The van der Waals surface area contributed by atoms with Crippen LogP contribution in [0.2, 0.25) is 0 Å². The molecule has 0 aliphatic heterocycles. The second-order valence-electron chi connectivity index (χ2n) is 4.47. The van der Waals surface area contributed by atoms with Crippen molar-refractivity contribution in [2.75, 3.05) is 20.8 Å². The highest BCUT2D eigenvalue weighted by Gasteiger charge is 2.26. The zero-order chi connectivity index (χ0) is 16.7. The zero-order valence-corrected chi connectivity index (χ0v) is 12.7. The Bertz CT molecular complexity index is 527. The fraction of sp³-hybridized carbons (Fsp3) is 0.467. The molecule has 2 N–H and O–H groups in total. The van der Waals surface area contributed by atoms with Crippen molar-refractivity contribution >= 4 is 11.9 Å². The van der Waals surface area contributed by atoms with E-state index in [9.17, 15) is 19.8 Å². The van der Waals surface area contributed by atoms with Crippen molar-refractivity contribution in [1.29, 1.82) is 0 Å². The molecule has 0 amide bonds. The first kappa shape index (κ1) is 17.9. The minimum Gasteiger partial charge on any atom is -0.496 e. The highest BCUT2D eigenvalue weighted by atomic mass is 16.5. The Morgan fingerprint density at radius 3 is 2.45 bits per heavy atom. The zero-order valence-electron chi connectivity index (χ0n) is 12.7. The van der Waals surface area contributed by atoms with Crippen molar-refractivity contribution in [1.82, 2.24) is 0 Å². The topological polar surface area (TPSA) is 102 Å². The fourth-order valence-electron chi connectivity index (χ4n) is 1.92. The van der Waals surface area contributed by atoms with E-state index in [-0.39, 0.29) is 29.9 Å². The van der Waals surface area contributed by atoms with Gasteiger partial charge in [-0.25, -0.2) is 4.79 Å². The van der Waals surface area contributed by atoms with Crippen LogP contribution in [0.15, 0.2) is 18.2 Å². The van der Waals surface area contributed by atoms with E-state index in [1.54, 1.807) is 6.92 Å². The minimum absolute atomic E-state index is 0.183. The molecule has 0 fully saturated rings. The first-order valence-corrected chi connectivity index (χ1v) is 6.72. The summed E-state index contributed by atoms with van der Waals surface area (Å²) in [6.45, 7) is 1.83. The Hall–Kier alpha value is -2.12. The molecule has 0 heterocycles. The molecular weight excluding hydrogens is 292 g/mol. The lowest BCUT2D eigenvalue weighted by Gasteiger charge is -2.20.